The molecule has 0 bridgehead atoms. The summed E-state index contributed by atoms with van der Waals surface area (Å²) in [7, 11) is 1.60. The van der Waals surface area contributed by atoms with E-state index in [0.717, 1.165) is 22.2 Å². The van der Waals surface area contributed by atoms with Gasteiger partial charge in [0.2, 0.25) is 5.12 Å². The third kappa shape index (κ3) is 4.34. The van der Waals surface area contributed by atoms with Crippen LogP contribution in [0.15, 0.2) is 89.8 Å². The van der Waals surface area contributed by atoms with Gasteiger partial charge in [0, 0.05) is 4.90 Å². The molecular weight excluding hydrogens is 344 g/mol. The number of thioether (sulfide) groups is 1. The van der Waals surface area contributed by atoms with Gasteiger partial charge in [-0.3, -0.25) is 4.79 Å². The lowest BCUT2D eigenvalue weighted by molar-refractivity contribution is -0.114. The van der Waals surface area contributed by atoms with Crippen LogP contribution in [-0.2, 0) is 4.79 Å². The van der Waals surface area contributed by atoms with Crippen molar-refractivity contribution in [3.8, 4) is 5.75 Å². The number of aliphatic hydroxyl groups is 1. The van der Waals surface area contributed by atoms with Crippen molar-refractivity contribution in [3.63, 3.8) is 0 Å². The zero-order valence-electron chi connectivity index (χ0n) is 14.4. The molecule has 0 aliphatic carbocycles. The minimum absolute atomic E-state index is 0.0919. The van der Waals surface area contributed by atoms with Crippen molar-refractivity contribution in [1.29, 1.82) is 0 Å². The van der Waals surface area contributed by atoms with Crippen molar-refractivity contribution < 1.29 is 14.6 Å². The van der Waals surface area contributed by atoms with Crippen molar-refractivity contribution in [2.45, 2.75) is 16.9 Å². The van der Waals surface area contributed by atoms with Crippen LogP contribution in [0.25, 0.3) is 0 Å². The first-order valence-corrected chi connectivity index (χ1v) is 9.14. The van der Waals surface area contributed by atoms with Gasteiger partial charge in [-0.15, -0.1) is 0 Å². The fourth-order valence-electron chi connectivity index (χ4n) is 2.77. The second-order valence-electron chi connectivity index (χ2n) is 5.84. The summed E-state index contributed by atoms with van der Waals surface area (Å²) in [5, 5.41) is 10.9. The summed E-state index contributed by atoms with van der Waals surface area (Å²) in [5.41, 5.74) is 1.48. The van der Waals surface area contributed by atoms with Gasteiger partial charge in [-0.05, 0) is 35.4 Å². The highest BCUT2D eigenvalue weighted by molar-refractivity contribution is 8.13. The van der Waals surface area contributed by atoms with Gasteiger partial charge in [0.25, 0.3) is 0 Å². The lowest BCUT2D eigenvalue weighted by Crippen LogP contribution is -2.18. The summed E-state index contributed by atoms with van der Waals surface area (Å²) in [6.45, 7) is 0. The highest BCUT2D eigenvalue weighted by Crippen LogP contribution is 2.37. The number of carbonyl (C=O) groups excluding carboxylic acids is 1. The Kier molecular flexibility index (Phi) is 6.10. The largest absolute Gasteiger partial charge is 0.497 e. The van der Waals surface area contributed by atoms with Crippen LogP contribution >= 0.6 is 11.8 Å². The molecule has 0 fully saturated rings. The molecule has 0 amide bonds. The third-order valence-corrected chi connectivity index (χ3v) is 5.11. The first kappa shape index (κ1) is 18.2. The molecule has 0 aliphatic heterocycles. The minimum Gasteiger partial charge on any atom is -0.497 e. The maximum Gasteiger partial charge on any atom is 0.204 e. The number of methoxy groups -OCH3 is 1. The molecule has 0 saturated heterocycles. The SMILES string of the molecule is COc1ccc([C@H](O)[C@@H](C(=O)Sc2ccccc2)c2ccccc2)cc1. The number of aliphatic hydroxyl groups excluding tert-OH is 1. The van der Waals surface area contributed by atoms with Gasteiger partial charge < -0.3 is 9.84 Å². The monoisotopic (exact) mass is 364 g/mol. The average molecular weight is 364 g/mol. The summed E-state index contributed by atoms with van der Waals surface area (Å²) < 4.78 is 5.17. The molecule has 3 aromatic carbocycles. The van der Waals surface area contributed by atoms with E-state index >= 15 is 0 Å². The van der Waals surface area contributed by atoms with Crippen LogP contribution in [-0.4, -0.2) is 17.3 Å². The fourth-order valence-corrected chi connectivity index (χ4v) is 3.69. The molecule has 0 aliphatic rings. The Balaban J connectivity index is 1.91. The number of hydrogen-bond donors (Lipinski definition) is 1. The van der Waals surface area contributed by atoms with E-state index in [1.807, 2.05) is 60.7 Å². The summed E-state index contributed by atoms with van der Waals surface area (Å²) in [6.07, 6.45) is -0.938. The molecule has 132 valence electrons. The zero-order valence-corrected chi connectivity index (χ0v) is 15.2. The quantitative estimate of drug-likeness (QED) is 0.636. The molecule has 4 heteroatoms. The first-order chi connectivity index (χ1) is 12.7. The van der Waals surface area contributed by atoms with E-state index in [2.05, 4.69) is 0 Å². The second-order valence-corrected chi connectivity index (χ2v) is 6.92. The van der Waals surface area contributed by atoms with Crippen molar-refractivity contribution >= 4 is 16.9 Å². The van der Waals surface area contributed by atoms with E-state index < -0.39 is 12.0 Å². The van der Waals surface area contributed by atoms with Crippen molar-refractivity contribution in [3.05, 3.63) is 96.1 Å². The minimum atomic E-state index is -0.938. The van der Waals surface area contributed by atoms with Crippen molar-refractivity contribution in [2.24, 2.45) is 0 Å². The molecule has 0 saturated carbocycles. The van der Waals surface area contributed by atoms with Crippen LogP contribution in [0.4, 0.5) is 0 Å². The van der Waals surface area contributed by atoms with E-state index in [1.54, 1.807) is 31.4 Å². The molecule has 0 aromatic heterocycles. The van der Waals surface area contributed by atoms with Crippen LogP contribution in [0.1, 0.15) is 23.1 Å². The molecule has 0 unspecified atom stereocenters. The Hall–Kier alpha value is -2.56. The maximum absolute atomic E-state index is 13.0. The van der Waals surface area contributed by atoms with Gasteiger partial charge in [-0.1, -0.05) is 72.4 Å². The van der Waals surface area contributed by atoms with Gasteiger partial charge in [0.15, 0.2) is 0 Å². The summed E-state index contributed by atoms with van der Waals surface area (Å²) >= 11 is 1.15. The highest BCUT2D eigenvalue weighted by Gasteiger charge is 2.30. The lowest BCUT2D eigenvalue weighted by atomic mass is 9.90. The van der Waals surface area contributed by atoms with Crippen LogP contribution in [0.3, 0.4) is 0 Å². The summed E-state index contributed by atoms with van der Waals surface area (Å²) in [5.74, 6) is 0.0528. The first-order valence-electron chi connectivity index (χ1n) is 8.33. The molecule has 0 heterocycles. The smallest absolute Gasteiger partial charge is 0.204 e. The van der Waals surface area contributed by atoms with Gasteiger partial charge in [0.05, 0.1) is 19.1 Å². The molecule has 1 N–H and O–H groups in total. The van der Waals surface area contributed by atoms with Crippen LogP contribution in [0.2, 0.25) is 0 Å². The normalized spacial score (nSPS) is 13.0. The standard InChI is InChI=1S/C22H20O3S/c1-25-18-14-12-17(13-15-18)21(23)20(16-8-4-2-5-9-16)22(24)26-19-10-6-3-7-11-19/h2-15,20-21,23H,1H3/t20-,21-/m0/s1. The second kappa shape index (κ2) is 8.70. The van der Waals surface area contributed by atoms with Crippen molar-refractivity contribution in [2.75, 3.05) is 7.11 Å². The van der Waals surface area contributed by atoms with Gasteiger partial charge in [-0.25, -0.2) is 0 Å². The number of hydrogen-bond acceptors (Lipinski definition) is 4. The van der Waals surface area contributed by atoms with E-state index in [9.17, 15) is 9.90 Å². The van der Waals surface area contributed by atoms with Crippen LogP contribution < -0.4 is 4.74 Å². The highest BCUT2D eigenvalue weighted by atomic mass is 32.2. The summed E-state index contributed by atoms with van der Waals surface area (Å²) in [4.78, 5) is 13.9. The molecule has 3 rings (SSSR count). The lowest BCUT2D eigenvalue weighted by Gasteiger charge is -2.22. The van der Waals surface area contributed by atoms with E-state index in [4.69, 9.17) is 4.74 Å². The Bertz CT molecular complexity index is 832. The van der Waals surface area contributed by atoms with Crippen LogP contribution in [0, 0.1) is 0 Å². The maximum atomic E-state index is 13.0. The molecular formula is C22H20O3S. The molecule has 0 radical (unpaired) electrons. The third-order valence-electron chi connectivity index (χ3n) is 4.15. The Labute approximate surface area is 157 Å². The van der Waals surface area contributed by atoms with E-state index in [-0.39, 0.29) is 5.12 Å². The molecule has 3 aromatic rings. The van der Waals surface area contributed by atoms with Gasteiger partial charge in [-0.2, -0.15) is 0 Å². The zero-order chi connectivity index (χ0) is 18.4. The average Bonchev–Trinajstić information content (AvgIpc) is 2.70. The Morgan fingerprint density at radius 2 is 1.42 bits per heavy atom. The molecule has 0 spiro atoms. The molecule has 2 atom stereocenters. The Morgan fingerprint density at radius 3 is 2.00 bits per heavy atom. The number of benzene rings is 3. The topological polar surface area (TPSA) is 46.5 Å². The molecule has 3 nitrogen and oxygen atoms in total. The number of ether oxygens (including phenoxy) is 1. The van der Waals surface area contributed by atoms with Gasteiger partial charge in [0.1, 0.15) is 5.75 Å². The fraction of sp³-hybridized carbons (Fsp3) is 0.136. The number of rotatable bonds is 6. The van der Waals surface area contributed by atoms with Crippen molar-refractivity contribution in [1.82, 2.24) is 0 Å². The Morgan fingerprint density at radius 1 is 0.846 bits per heavy atom. The van der Waals surface area contributed by atoms with E-state index in [1.165, 1.54) is 0 Å². The molecule has 26 heavy (non-hydrogen) atoms. The number of carbonyl (C=O) groups is 1. The van der Waals surface area contributed by atoms with Crippen LogP contribution in [0.5, 0.6) is 5.75 Å². The van der Waals surface area contributed by atoms with E-state index in [0.29, 0.717) is 11.3 Å². The predicted molar refractivity (Wildman–Crippen MR) is 104 cm³/mol. The predicted octanol–water partition coefficient (Wildman–Crippen LogP) is 4.83. The summed E-state index contributed by atoms with van der Waals surface area (Å²) in [6, 6.07) is 26.1. The van der Waals surface area contributed by atoms with Gasteiger partial charge >= 0.3 is 0 Å².